The standard InChI is InChI=1S/C25H19ClFN3O4/c1-33-24-12-22-18(25(29-14-28-22)30-15-6-8-21(27)20(26)10-15)11-19(24)23-9-7-17(34-23)5-3-2-4-16(32)13-31/h6-12,14,31H,2,4,13H2,1H3,(H,28,29,30). The number of anilines is 2. The largest absolute Gasteiger partial charge is 0.496 e. The second kappa shape index (κ2) is 10.3. The molecular formula is C25H19ClFN3O4. The number of hydrogen-bond acceptors (Lipinski definition) is 7. The fourth-order valence-corrected chi connectivity index (χ4v) is 3.42. The number of carbonyl (C=O) groups excluding carboxylic acids is 1. The number of aliphatic hydroxyl groups is 1. The van der Waals surface area contributed by atoms with Gasteiger partial charge in [0.25, 0.3) is 0 Å². The van der Waals surface area contributed by atoms with Gasteiger partial charge in [-0.05, 0) is 42.3 Å². The van der Waals surface area contributed by atoms with Crippen LogP contribution in [-0.2, 0) is 4.79 Å². The molecule has 0 aliphatic heterocycles. The number of rotatable bonds is 7. The summed E-state index contributed by atoms with van der Waals surface area (Å²) in [6, 6.07) is 11.4. The molecule has 0 saturated carbocycles. The van der Waals surface area contributed by atoms with Crippen LogP contribution in [0.5, 0.6) is 5.75 Å². The zero-order chi connectivity index (χ0) is 24.1. The van der Waals surface area contributed by atoms with Gasteiger partial charge in [-0.2, -0.15) is 0 Å². The SMILES string of the molecule is COc1cc2ncnc(Nc3ccc(F)c(Cl)c3)c2cc1-c1ccc(C#CCCC(=O)CO)o1. The van der Waals surface area contributed by atoms with Crippen molar-refractivity contribution in [2.45, 2.75) is 12.8 Å². The highest BCUT2D eigenvalue weighted by Crippen LogP contribution is 2.37. The first-order valence-electron chi connectivity index (χ1n) is 10.2. The molecule has 0 spiro atoms. The molecule has 0 amide bonds. The molecule has 7 nitrogen and oxygen atoms in total. The van der Waals surface area contributed by atoms with Gasteiger partial charge in [-0.1, -0.05) is 17.5 Å². The molecule has 9 heteroatoms. The summed E-state index contributed by atoms with van der Waals surface area (Å²) in [5.41, 5.74) is 1.86. The van der Waals surface area contributed by atoms with E-state index in [4.69, 9.17) is 25.9 Å². The first kappa shape index (κ1) is 23.2. The van der Waals surface area contributed by atoms with Crippen LogP contribution in [0.1, 0.15) is 18.6 Å². The predicted octanol–water partition coefficient (Wildman–Crippen LogP) is 5.13. The van der Waals surface area contributed by atoms with Gasteiger partial charge < -0.3 is 19.6 Å². The summed E-state index contributed by atoms with van der Waals surface area (Å²) >= 11 is 5.90. The van der Waals surface area contributed by atoms with Gasteiger partial charge in [-0.15, -0.1) is 0 Å². The first-order chi connectivity index (χ1) is 16.5. The number of ketones is 1. The van der Waals surface area contributed by atoms with Crippen LogP contribution in [0.25, 0.3) is 22.2 Å². The third-order valence-corrected chi connectivity index (χ3v) is 5.22. The average molecular weight is 480 g/mol. The maximum atomic E-state index is 13.5. The summed E-state index contributed by atoms with van der Waals surface area (Å²) in [7, 11) is 1.55. The highest BCUT2D eigenvalue weighted by molar-refractivity contribution is 6.31. The maximum absolute atomic E-state index is 13.5. The van der Waals surface area contributed by atoms with E-state index in [1.54, 1.807) is 31.4 Å². The van der Waals surface area contributed by atoms with Crippen LogP contribution < -0.4 is 10.1 Å². The zero-order valence-electron chi connectivity index (χ0n) is 18.1. The summed E-state index contributed by atoms with van der Waals surface area (Å²) < 4.78 is 24.9. The molecule has 34 heavy (non-hydrogen) atoms. The fraction of sp³-hybridized carbons (Fsp3) is 0.160. The Kier molecular flexibility index (Phi) is 7.07. The number of furan rings is 1. The molecule has 4 rings (SSSR count). The van der Waals surface area contributed by atoms with E-state index < -0.39 is 12.4 Å². The van der Waals surface area contributed by atoms with E-state index in [1.807, 2.05) is 6.07 Å². The normalized spacial score (nSPS) is 10.6. The lowest BCUT2D eigenvalue weighted by Gasteiger charge is -2.12. The first-order valence-corrected chi connectivity index (χ1v) is 10.6. The van der Waals surface area contributed by atoms with Crippen LogP contribution in [0.2, 0.25) is 5.02 Å². The molecule has 2 heterocycles. The highest BCUT2D eigenvalue weighted by Gasteiger charge is 2.15. The maximum Gasteiger partial charge on any atom is 0.177 e. The Labute approximate surface area is 199 Å². The third-order valence-electron chi connectivity index (χ3n) is 4.93. The van der Waals surface area contributed by atoms with Gasteiger partial charge in [0, 0.05) is 30.0 Å². The number of fused-ring (bicyclic) bond motifs is 1. The lowest BCUT2D eigenvalue weighted by atomic mass is 10.1. The Morgan fingerprint density at radius 3 is 2.85 bits per heavy atom. The van der Waals surface area contributed by atoms with Gasteiger partial charge in [0.15, 0.2) is 11.5 Å². The third kappa shape index (κ3) is 5.17. The summed E-state index contributed by atoms with van der Waals surface area (Å²) in [5.74, 6) is 6.95. The highest BCUT2D eigenvalue weighted by atomic mass is 35.5. The van der Waals surface area contributed by atoms with Crippen molar-refractivity contribution in [3.8, 4) is 28.9 Å². The minimum Gasteiger partial charge on any atom is -0.496 e. The Morgan fingerprint density at radius 2 is 2.09 bits per heavy atom. The molecular weight excluding hydrogens is 461 g/mol. The quantitative estimate of drug-likeness (QED) is 0.355. The number of aromatic nitrogens is 2. The molecule has 2 aromatic heterocycles. The van der Waals surface area contributed by atoms with E-state index in [0.717, 1.165) is 0 Å². The zero-order valence-corrected chi connectivity index (χ0v) is 18.8. The number of halogens is 2. The van der Waals surface area contributed by atoms with E-state index >= 15 is 0 Å². The minimum absolute atomic E-state index is 0.00401. The molecule has 0 saturated heterocycles. The van der Waals surface area contributed by atoms with E-state index in [0.29, 0.717) is 51.7 Å². The molecule has 0 bridgehead atoms. The van der Waals surface area contributed by atoms with E-state index in [2.05, 4.69) is 27.1 Å². The van der Waals surface area contributed by atoms with Crippen molar-refractivity contribution in [2.24, 2.45) is 0 Å². The van der Waals surface area contributed by atoms with E-state index in [9.17, 15) is 9.18 Å². The van der Waals surface area contributed by atoms with Crippen molar-refractivity contribution >= 4 is 39.8 Å². The molecule has 0 radical (unpaired) electrons. The molecule has 2 N–H and O–H groups in total. The summed E-state index contributed by atoms with van der Waals surface area (Å²) in [6.45, 7) is -0.483. The number of hydrogen-bond donors (Lipinski definition) is 2. The number of Topliss-reactive ketones (excluding diaryl/α,β-unsaturated/α-hetero) is 1. The van der Waals surface area contributed by atoms with Gasteiger partial charge in [0.1, 0.15) is 36.1 Å². The predicted molar refractivity (Wildman–Crippen MR) is 127 cm³/mol. The van der Waals surface area contributed by atoms with E-state index in [1.165, 1.54) is 18.5 Å². The number of aliphatic hydroxyl groups excluding tert-OH is 1. The molecule has 0 fully saturated rings. The summed E-state index contributed by atoms with van der Waals surface area (Å²) in [5, 5.41) is 12.6. The number of nitrogens with one attached hydrogen (secondary N) is 1. The van der Waals surface area contributed by atoms with Crippen molar-refractivity contribution in [3.63, 3.8) is 0 Å². The Morgan fingerprint density at radius 1 is 1.24 bits per heavy atom. The second-order valence-electron chi connectivity index (χ2n) is 7.21. The van der Waals surface area contributed by atoms with Crippen molar-refractivity contribution in [1.29, 1.82) is 0 Å². The topological polar surface area (TPSA) is 97.5 Å². The van der Waals surface area contributed by atoms with Crippen molar-refractivity contribution in [2.75, 3.05) is 19.0 Å². The Balaban J connectivity index is 1.67. The molecule has 4 aromatic rings. The smallest absolute Gasteiger partial charge is 0.177 e. The van der Waals surface area contributed by atoms with Gasteiger partial charge in [-0.3, -0.25) is 4.79 Å². The monoisotopic (exact) mass is 479 g/mol. The Hall–Kier alpha value is -3.93. The second-order valence-corrected chi connectivity index (χ2v) is 7.62. The number of ether oxygens (including phenoxy) is 1. The molecule has 0 aliphatic carbocycles. The molecule has 2 aromatic carbocycles. The molecule has 0 atom stereocenters. The molecule has 0 unspecified atom stereocenters. The number of benzene rings is 2. The molecule has 0 aliphatic rings. The van der Waals surface area contributed by atoms with Crippen LogP contribution in [0.15, 0.2) is 53.2 Å². The van der Waals surface area contributed by atoms with E-state index in [-0.39, 0.29) is 17.2 Å². The van der Waals surface area contributed by atoms with Crippen LogP contribution in [0.4, 0.5) is 15.9 Å². The van der Waals surface area contributed by atoms with Crippen molar-refractivity contribution < 1.29 is 23.4 Å². The van der Waals surface area contributed by atoms with Crippen LogP contribution in [0.3, 0.4) is 0 Å². The van der Waals surface area contributed by atoms with Gasteiger partial charge in [0.2, 0.25) is 0 Å². The molecule has 172 valence electrons. The average Bonchev–Trinajstić information content (AvgIpc) is 3.32. The van der Waals surface area contributed by atoms with Crippen LogP contribution >= 0.6 is 11.6 Å². The number of nitrogens with zero attached hydrogens (tertiary/aromatic N) is 2. The Bertz CT molecular complexity index is 1420. The van der Waals surface area contributed by atoms with Gasteiger partial charge in [-0.25, -0.2) is 14.4 Å². The lowest BCUT2D eigenvalue weighted by molar-refractivity contribution is -0.121. The van der Waals surface area contributed by atoms with Crippen molar-refractivity contribution in [3.05, 3.63) is 65.4 Å². The van der Waals surface area contributed by atoms with Crippen LogP contribution in [0, 0.1) is 17.7 Å². The minimum atomic E-state index is -0.511. The lowest BCUT2D eigenvalue weighted by Crippen LogP contribution is -2.01. The number of carbonyl (C=O) groups is 1. The van der Waals surface area contributed by atoms with Gasteiger partial charge >= 0.3 is 0 Å². The summed E-state index contributed by atoms with van der Waals surface area (Å²) in [4.78, 5) is 19.8. The summed E-state index contributed by atoms with van der Waals surface area (Å²) in [6.07, 6.45) is 1.93. The fourth-order valence-electron chi connectivity index (χ4n) is 3.24. The van der Waals surface area contributed by atoms with Crippen molar-refractivity contribution in [1.82, 2.24) is 9.97 Å². The van der Waals surface area contributed by atoms with Crippen LogP contribution in [-0.4, -0.2) is 34.6 Å². The number of methoxy groups -OCH3 is 1. The van der Waals surface area contributed by atoms with Gasteiger partial charge in [0.05, 0.1) is 23.2 Å².